The van der Waals surface area contributed by atoms with Crippen molar-refractivity contribution < 1.29 is 4.42 Å². The molecule has 2 aromatic rings. The molecule has 3 rings (SSSR count). The van der Waals surface area contributed by atoms with Crippen LogP contribution in [-0.4, -0.2) is 18.5 Å². The van der Waals surface area contributed by atoms with Crippen molar-refractivity contribution in [3.8, 4) is 0 Å². The Labute approximate surface area is 148 Å². The zero-order chi connectivity index (χ0) is 14.5. The zero-order valence-electron chi connectivity index (χ0n) is 13.0. The Bertz CT molecular complexity index is 584. The molecule has 1 aliphatic rings. The number of nitrogens with one attached hydrogen (secondary N) is 2. The van der Waals surface area contributed by atoms with Crippen LogP contribution in [-0.2, 0) is 6.54 Å². The topological polar surface area (TPSA) is 49.6 Å². The number of rotatable bonds is 4. The standard InChI is InChI=1S/C17H23N3O.HI/c1-2-18-17(20-14-8-4-5-9-14)19-12-15-11-13-7-3-6-10-16(13)21-15;/h3,6-7,10-11,14H,2,4-5,8-9,12H2,1H3,(H2,18,19,20);1H. The maximum atomic E-state index is 5.80. The maximum Gasteiger partial charge on any atom is 0.191 e. The third-order valence-corrected chi connectivity index (χ3v) is 3.91. The molecule has 1 heterocycles. The molecule has 0 saturated heterocycles. The van der Waals surface area contributed by atoms with Gasteiger partial charge in [0.25, 0.3) is 0 Å². The van der Waals surface area contributed by atoms with Gasteiger partial charge in [0, 0.05) is 18.0 Å². The summed E-state index contributed by atoms with van der Waals surface area (Å²) >= 11 is 0. The van der Waals surface area contributed by atoms with E-state index in [9.17, 15) is 0 Å². The highest BCUT2D eigenvalue weighted by Gasteiger charge is 2.15. The molecule has 0 aliphatic heterocycles. The summed E-state index contributed by atoms with van der Waals surface area (Å²) in [6, 6.07) is 10.7. The van der Waals surface area contributed by atoms with Gasteiger partial charge in [-0.05, 0) is 31.9 Å². The van der Waals surface area contributed by atoms with Crippen LogP contribution in [0.3, 0.4) is 0 Å². The summed E-state index contributed by atoms with van der Waals surface area (Å²) in [5.41, 5.74) is 0.927. The van der Waals surface area contributed by atoms with Gasteiger partial charge in [-0.25, -0.2) is 4.99 Å². The first-order valence-corrected chi connectivity index (χ1v) is 7.87. The number of nitrogens with zero attached hydrogens (tertiary/aromatic N) is 1. The summed E-state index contributed by atoms with van der Waals surface area (Å²) in [7, 11) is 0. The fourth-order valence-corrected chi connectivity index (χ4v) is 2.86. The molecule has 0 radical (unpaired) electrons. The second kappa shape index (κ2) is 8.41. The van der Waals surface area contributed by atoms with Crippen molar-refractivity contribution in [3.05, 3.63) is 36.1 Å². The summed E-state index contributed by atoms with van der Waals surface area (Å²) in [5.74, 6) is 1.80. The number of furan rings is 1. The highest BCUT2D eigenvalue weighted by atomic mass is 127. The zero-order valence-corrected chi connectivity index (χ0v) is 15.3. The first kappa shape index (κ1) is 17.1. The maximum absolute atomic E-state index is 5.80. The van der Waals surface area contributed by atoms with Gasteiger partial charge in [-0.15, -0.1) is 24.0 Å². The molecule has 1 aliphatic carbocycles. The summed E-state index contributed by atoms with van der Waals surface area (Å²) in [6.45, 7) is 3.53. The molecule has 0 amide bonds. The number of aliphatic imine (C=N–C) groups is 1. The molecule has 1 fully saturated rings. The number of halogens is 1. The first-order chi connectivity index (χ1) is 10.3. The number of hydrogen-bond acceptors (Lipinski definition) is 2. The molecule has 5 heteroatoms. The van der Waals surface area contributed by atoms with Gasteiger partial charge >= 0.3 is 0 Å². The van der Waals surface area contributed by atoms with Gasteiger partial charge in [0.1, 0.15) is 17.9 Å². The van der Waals surface area contributed by atoms with E-state index in [1.165, 1.54) is 25.7 Å². The lowest BCUT2D eigenvalue weighted by Crippen LogP contribution is -2.42. The van der Waals surface area contributed by atoms with Crippen LogP contribution in [0.4, 0.5) is 0 Å². The van der Waals surface area contributed by atoms with E-state index in [4.69, 9.17) is 4.42 Å². The van der Waals surface area contributed by atoms with Crippen LogP contribution >= 0.6 is 24.0 Å². The van der Waals surface area contributed by atoms with Crippen molar-refractivity contribution in [2.75, 3.05) is 6.54 Å². The SMILES string of the molecule is CCNC(=NCc1cc2ccccc2o1)NC1CCCC1.I. The van der Waals surface area contributed by atoms with Crippen LogP contribution in [0.1, 0.15) is 38.4 Å². The van der Waals surface area contributed by atoms with Crippen molar-refractivity contribution in [2.45, 2.75) is 45.2 Å². The third kappa shape index (κ3) is 4.38. The molecule has 4 nitrogen and oxygen atoms in total. The molecule has 2 N–H and O–H groups in total. The number of guanidine groups is 1. The summed E-state index contributed by atoms with van der Waals surface area (Å²) in [6.07, 6.45) is 5.13. The Morgan fingerprint density at radius 3 is 2.77 bits per heavy atom. The van der Waals surface area contributed by atoms with Gasteiger partial charge in [0.15, 0.2) is 5.96 Å². The minimum atomic E-state index is 0. The quantitative estimate of drug-likeness (QED) is 0.452. The van der Waals surface area contributed by atoms with Gasteiger partial charge in [-0.3, -0.25) is 0 Å². The van der Waals surface area contributed by atoms with Gasteiger partial charge in [-0.2, -0.15) is 0 Å². The number of para-hydroxylation sites is 1. The second-order valence-electron chi connectivity index (χ2n) is 5.57. The highest BCUT2D eigenvalue weighted by molar-refractivity contribution is 14.0. The molecule has 1 aromatic heterocycles. The summed E-state index contributed by atoms with van der Waals surface area (Å²) < 4.78 is 5.80. The molecule has 0 bridgehead atoms. The van der Waals surface area contributed by atoms with E-state index in [2.05, 4.69) is 34.7 Å². The van der Waals surface area contributed by atoms with Crippen LogP contribution in [0.5, 0.6) is 0 Å². The van der Waals surface area contributed by atoms with E-state index in [-0.39, 0.29) is 24.0 Å². The fraction of sp³-hybridized carbons (Fsp3) is 0.471. The number of benzene rings is 1. The van der Waals surface area contributed by atoms with E-state index in [0.717, 1.165) is 29.2 Å². The van der Waals surface area contributed by atoms with Crippen LogP contribution in [0, 0.1) is 0 Å². The van der Waals surface area contributed by atoms with E-state index in [1.54, 1.807) is 0 Å². The second-order valence-corrected chi connectivity index (χ2v) is 5.57. The summed E-state index contributed by atoms with van der Waals surface area (Å²) in [5, 5.41) is 7.96. The molecule has 1 saturated carbocycles. The predicted octanol–water partition coefficient (Wildman–Crippen LogP) is 4.05. The van der Waals surface area contributed by atoms with Crippen LogP contribution in [0.15, 0.2) is 39.7 Å². The Morgan fingerprint density at radius 2 is 2.05 bits per heavy atom. The average molecular weight is 413 g/mol. The van der Waals surface area contributed by atoms with E-state index < -0.39 is 0 Å². The smallest absolute Gasteiger partial charge is 0.191 e. The van der Waals surface area contributed by atoms with Crippen LogP contribution in [0.25, 0.3) is 11.0 Å². The Kier molecular flexibility index (Phi) is 6.54. The van der Waals surface area contributed by atoms with Crippen molar-refractivity contribution in [1.29, 1.82) is 0 Å². The van der Waals surface area contributed by atoms with Crippen molar-refractivity contribution in [1.82, 2.24) is 10.6 Å². The van der Waals surface area contributed by atoms with E-state index in [0.29, 0.717) is 12.6 Å². The van der Waals surface area contributed by atoms with E-state index in [1.807, 2.05) is 18.2 Å². The molecule has 0 unspecified atom stereocenters. The summed E-state index contributed by atoms with van der Waals surface area (Å²) in [4.78, 5) is 4.64. The van der Waals surface area contributed by atoms with Gasteiger partial charge in [0.2, 0.25) is 0 Å². The van der Waals surface area contributed by atoms with Gasteiger partial charge in [-0.1, -0.05) is 31.0 Å². The van der Waals surface area contributed by atoms with Crippen molar-refractivity contribution in [2.24, 2.45) is 4.99 Å². The van der Waals surface area contributed by atoms with E-state index >= 15 is 0 Å². The fourth-order valence-electron chi connectivity index (χ4n) is 2.86. The molecule has 22 heavy (non-hydrogen) atoms. The highest BCUT2D eigenvalue weighted by Crippen LogP contribution is 2.20. The number of hydrogen-bond donors (Lipinski definition) is 2. The van der Waals surface area contributed by atoms with Crippen LogP contribution in [0.2, 0.25) is 0 Å². The minimum Gasteiger partial charge on any atom is -0.459 e. The average Bonchev–Trinajstić information content (AvgIpc) is 3.13. The normalized spacial score (nSPS) is 15.8. The third-order valence-electron chi connectivity index (χ3n) is 3.91. The lowest BCUT2D eigenvalue weighted by molar-refractivity contribution is 0.549. The Morgan fingerprint density at radius 1 is 1.27 bits per heavy atom. The predicted molar refractivity (Wildman–Crippen MR) is 102 cm³/mol. The van der Waals surface area contributed by atoms with Gasteiger partial charge in [0.05, 0.1) is 0 Å². The Hall–Kier alpha value is -1.24. The minimum absolute atomic E-state index is 0. The lowest BCUT2D eigenvalue weighted by Gasteiger charge is -2.16. The number of fused-ring (bicyclic) bond motifs is 1. The van der Waals surface area contributed by atoms with Crippen LogP contribution < -0.4 is 10.6 Å². The lowest BCUT2D eigenvalue weighted by atomic mass is 10.2. The molecule has 1 aromatic carbocycles. The Balaban J connectivity index is 0.00000176. The largest absolute Gasteiger partial charge is 0.459 e. The van der Waals surface area contributed by atoms with Gasteiger partial charge < -0.3 is 15.1 Å². The molecular weight excluding hydrogens is 389 g/mol. The van der Waals surface area contributed by atoms with Crippen molar-refractivity contribution in [3.63, 3.8) is 0 Å². The monoisotopic (exact) mass is 413 g/mol. The molecule has 0 spiro atoms. The first-order valence-electron chi connectivity index (χ1n) is 7.87. The molecule has 0 atom stereocenters. The molecular formula is C17H24IN3O. The molecule has 120 valence electrons. The van der Waals surface area contributed by atoms with Crippen molar-refractivity contribution >= 4 is 40.9 Å².